The molecule has 0 radical (unpaired) electrons. The number of carbonyl (C=O) groups excluding carboxylic acids is 2. The van der Waals surface area contributed by atoms with E-state index in [2.05, 4.69) is 15.3 Å². The van der Waals surface area contributed by atoms with E-state index >= 15 is 0 Å². The van der Waals surface area contributed by atoms with Gasteiger partial charge >= 0.3 is 0 Å². The van der Waals surface area contributed by atoms with Crippen molar-refractivity contribution in [3.63, 3.8) is 0 Å². The number of carbonyl (C=O) groups is 2. The van der Waals surface area contributed by atoms with Gasteiger partial charge in [-0.15, -0.1) is 0 Å². The van der Waals surface area contributed by atoms with Crippen LogP contribution in [0.5, 0.6) is 0 Å². The van der Waals surface area contributed by atoms with Crippen LogP contribution in [0.4, 0.5) is 0 Å². The number of benzene rings is 1. The maximum Gasteiger partial charge on any atom is 0.264 e. The maximum atomic E-state index is 12.6. The minimum Gasteiger partial charge on any atom is -0.347 e. The van der Waals surface area contributed by atoms with E-state index in [1.54, 1.807) is 0 Å². The number of hydrogen-bond donors (Lipinski definition) is 2. The van der Waals surface area contributed by atoms with Gasteiger partial charge in [0.05, 0.1) is 0 Å². The fraction of sp³-hybridized carbons (Fsp3) is 0.429. The Morgan fingerprint density at radius 1 is 1.18 bits per heavy atom. The number of aromatic amines is 1. The van der Waals surface area contributed by atoms with Crippen LogP contribution in [0.2, 0.25) is 0 Å². The van der Waals surface area contributed by atoms with Gasteiger partial charge in [-0.3, -0.25) is 14.4 Å². The van der Waals surface area contributed by atoms with Crippen LogP contribution in [0.25, 0.3) is 11.4 Å². The summed E-state index contributed by atoms with van der Waals surface area (Å²) in [7, 11) is 0. The van der Waals surface area contributed by atoms with Gasteiger partial charge in [0, 0.05) is 36.8 Å². The van der Waals surface area contributed by atoms with E-state index < -0.39 is 11.5 Å². The van der Waals surface area contributed by atoms with E-state index in [1.807, 2.05) is 36.1 Å². The number of aromatic nitrogens is 2. The molecule has 2 N–H and O–H groups in total. The lowest BCUT2D eigenvalue weighted by molar-refractivity contribution is -0.133. The highest BCUT2D eigenvalue weighted by Gasteiger charge is 2.35. The number of nitrogens with zero attached hydrogens (tertiary/aromatic N) is 2. The molecule has 2 fully saturated rings. The Hall–Kier alpha value is -2.96. The third-order valence-electron chi connectivity index (χ3n) is 5.36. The molecule has 1 aromatic carbocycles. The van der Waals surface area contributed by atoms with Gasteiger partial charge in [-0.1, -0.05) is 29.8 Å². The lowest BCUT2D eigenvalue weighted by atomic mass is 10.0. The van der Waals surface area contributed by atoms with Crippen LogP contribution in [0.1, 0.15) is 41.6 Å². The van der Waals surface area contributed by atoms with E-state index in [4.69, 9.17) is 0 Å². The lowest BCUT2D eigenvalue weighted by Crippen LogP contribution is -2.50. The molecule has 1 aromatic heterocycles. The van der Waals surface area contributed by atoms with Crippen molar-refractivity contribution in [1.29, 1.82) is 0 Å². The van der Waals surface area contributed by atoms with Gasteiger partial charge < -0.3 is 15.2 Å². The molecule has 2 amide bonds. The van der Waals surface area contributed by atoms with Gasteiger partial charge in [-0.25, -0.2) is 4.98 Å². The zero-order valence-corrected chi connectivity index (χ0v) is 15.9. The van der Waals surface area contributed by atoms with Crippen LogP contribution in [-0.2, 0) is 4.79 Å². The van der Waals surface area contributed by atoms with E-state index in [1.165, 1.54) is 6.20 Å². The molecule has 2 aliphatic rings. The maximum absolute atomic E-state index is 12.6. The summed E-state index contributed by atoms with van der Waals surface area (Å²) in [4.78, 5) is 46.0. The first-order valence-electron chi connectivity index (χ1n) is 9.77. The van der Waals surface area contributed by atoms with Gasteiger partial charge in [0.2, 0.25) is 5.91 Å². The van der Waals surface area contributed by atoms with E-state index in [9.17, 15) is 14.4 Å². The average Bonchev–Trinajstić information content (AvgIpc) is 3.53. The summed E-state index contributed by atoms with van der Waals surface area (Å²) in [5.74, 6) is 0.354. The van der Waals surface area contributed by atoms with Crippen LogP contribution < -0.4 is 10.9 Å². The number of nitrogens with one attached hydrogen (secondary N) is 2. The fourth-order valence-corrected chi connectivity index (χ4v) is 3.56. The molecule has 1 atom stereocenters. The second-order valence-electron chi connectivity index (χ2n) is 7.71. The Kier molecular flexibility index (Phi) is 4.98. The van der Waals surface area contributed by atoms with E-state index in [0.717, 1.165) is 43.4 Å². The summed E-state index contributed by atoms with van der Waals surface area (Å²) in [5, 5.41) is 2.89. The normalized spacial score (nSPS) is 19.3. The molecule has 4 rings (SSSR count). The first-order valence-corrected chi connectivity index (χ1v) is 9.77. The lowest BCUT2D eigenvalue weighted by Gasteiger charge is -2.33. The molecular formula is C21H24N4O3. The number of rotatable bonds is 4. The molecule has 0 bridgehead atoms. The zero-order valence-electron chi connectivity index (χ0n) is 15.9. The quantitative estimate of drug-likeness (QED) is 0.847. The summed E-state index contributed by atoms with van der Waals surface area (Å²) in [6, 6.07) is 7.49. The minimum absolute atomic E-state index is 0.0125. The van der Waals surface area contributed by atoms with Crippen LogP contribution in [0, 0.1) is 12.8 Å². The molecule has 7 heteroatoms. The van der Waals surface area contributed by atoms with Crippen molar-refractivity contribution in [2.45, 2.75) is 38.6 Å². The smallest absolute Gasteiger partial charge is 0.264 e. The van der Waals surface area contributed by atoms with Crippen molar-refractivity contribution >= 4 is 11.8 Å². The number of aryl methyl sites for hydroxylation is 1. The van der Waals surface area contributed by atoms with Gasteiger partial charge in [0.15, 0.2) is 0 Å². The second-order valence-corrected chi connectivity index (χ2v) is 7.71. The monoisotopic (exact) mass is 380 g/mol. The summed E-state index contributed by atoms with van der Waals surface area (Å²) < 4.78 is 0. The third-order valence-corrected chi connectivity index (χ3v) is 5.36. The van der Waals surface area contributed by atoms with Crippen molar-refractivity contribution < 1.29 is 9.59 Å². The van der Waals surface area contributed by atoms with Crippen molar-refractivity contribution in [3.05, 3.63) is 51.9 Å². The SMILES string of the molecule is Cc1ccc(-c2ncc(C(=O)N[C@@H]3CCCN(C(=O)C4CC4)C3)c(=O)[nH]2)cc1. The summed E-state index contributed by atoms with van der Waals surface area (Å²) >= 11 is 0. The molecule has 1 aliphatic heterocycles. The highest BCUT2D eigenvalue weighted by atomic mass is 16.2. The predicted octanol–water partition coefficient (Wildman–Crippen LogP) is 1.88. The van der Waals surface area contributed by atoms with E-state index in [0.29, 0.717) is 12.4 Å². The van der Waals surface area contributed by atoms with E-state index in [-0.39, 0.29) is 23.4 Å². The number of piperidine rings is 1. The van der Waals surface area contributed by atoms with Crippen molar-refractivity contribution in [1.82, 2.24) is 20.2 Å². The zero-order chi connectivity index (χ0) is 19.7. The number of H-pyrrole nitrogens is 1. The second kappa shape index (κ2) is 7.58. The number of likely N-dealkylation sites (tertiary alicyclic amines) is 1. The molecular weight excluding hydrogens is 356 g/mol. The number of amides is 2. The molecule has 2 heterocycles. The molecule has 1 aliphatic carbocycles. The average molecular weight is 380 g/mol. The standard InChI is InChI=1S/C21H24N4O3/c1-13-4-6-14(7-5-13)18-22-11-17(20(27)24-18)19(26)23-16-3-2-10-25(12-16)21(28)15-8-9-15/h4-7,11,15-16H,2-3,8-10,12H2,1H3,(H,23,26)(H,22,24,27)/t16-/m1/s1. The predicted molar refractivity (Wildman–Crippen MR) is 105 cm³/mol. The molecule has 146 valence electrons. The third kappa shape index (κ3) is 3.98. The molecule has 1 saturated carbocycles. The molecule has 2 aromatic rings. The Bertz CT molecular complexity index is 947. The van der Waals surface area contributed by atoms with Crippen molar-refractivity contribution in [2.75, 3.05) is 13.1 Å². The van der Waals surface area contributed by atoms with Crippen molar-refractivity contribution in [3.8, 4) is 11.4 Å². The topological polar surface area (TPSA) is 95.2 Å². The largest absolute Gasteiger partial charge is 0.347 e. The minimum atomic E-state index is -0.468. The summed E-state index contributed by atoms with van der Waals surface area (Å²) in [5.41, 5.74) is 1.42. The Labute approximate surface area is 163 Å². The van der Waals surface area contributed by atoms with Gasteiger partial charge in [-0.05, 0) is 32.6 Å². The summed E-state index contributed by atoms with van der Waals surface area (Å²) in [6.45, 7) is 3.24. The highest BCUT2D eigenvalue weighted by molar-refractivity contribution is 5.94. The first kappa shape index (κ1) is 18.4. The van der Waals surface area contributed by atoms with Gasteiger partial charge in [0.1, 0.15) is 11.4 Å². The Balaban J connectivity index is 1.43. The molecule has 0 unspecified atom stereocenters. The van der Waals surface area contributed by atoms with Crippen LogP contribution in [-0.4, -0.2) is 45.8 Å². The molecule has 1 saturated heterocycles. The van der Waals surface area contributed by atoms with Crippen LogP contribution >= 0.6 is 0 Å². The Morgan fingerprint density at radius 3 is 2.61 bits per heavy atom. The molecule has 28 heavy (non-hydrogen) atoms. The molecule has 7 nitrogen and oxygen atoms in total. The number of hydrogen-bond acceptors (Lipinski definition) is 4. The molecule has 0 spiro atoms. The Morgan fingerprint density at radius 2 is 1.93 bits per heavy atom. The van der Waals surface area contributed by atoms with Gasteiger partial charge in [0.25, 0.3) is 11.5 Å². The first-order chi connectivity index (χ1) is 13.5. The van der Waals surface area contributed by atoms with Crippen molar-refractivity contribution in [2.24, 2.45) is 5.92 Å². The highest BCUT2D eigenvalue weighted by Crippen LogP contribution is 2.31. The fourth-order valence-electron chi connectivity index (χ4n) is 3.56. The van der Waals surface area contributed by atoms with Gasteiger partial charge in [-0.2, -0.15) is 0 Å². The summed E-state index contributed by atoms with van der Waals surface area (Å²) in [6.07, 6.45) is 4.91. The van der Waals surface area contributed by atoms with Crippen LogP contribution in [0.3, 0.4) is 0 Å². The van der Waals surface area contributed by atoms with Crippen LogP contribution in [0.15, 0.2) is 35.3 Å².